The predicted octanol–water partition coefficient (Wildman–Crippen LogP) is 25.6. The summed E-state index contributed by atoms with van der Waals surface area (Å²) in [5.41, 5.74) is 31.0. The number of anilines is 12. The Morgan fingerprint density at radius 3 is 0.560 bits per heavy atom. The first-order valence-electron chi connectivity index (χ1n) is 35.6. The SMILES string of the molecule is c1ccc(N(c2ccc(-c3ccc(N(c4ccccc4)c4ccc5cccc6c5c4CC6)cc3)cc2)c2ccc3cccc4c3c2CC4)cc1.c1ccc(N(c2ccc(-c3ccc(N(c4ccccc4)c4ccc5cccc6c5c4CC6)cc3)cc2)c2ccc3cccc4c3c2CC4)cc1. The highest BCUT2D eigenvalue weighted by atomic mass is 15.2. The van der Waals surface area contributed by atoms with E-state index in [0.29, 0.717) is 0 Å². The van der Waals surface area contributed by atoms with Crippen LogP contribution in [0.5, 0.6) is 0 Å². The molecule has 4 aliphatic rings. The molecule has 0 fully saturated rings. The van der Waals surface area contributed by atoms with Crippen LogP contribution < -0.4 is 19.6 Å². The molecule has 4 heteroatoms. The van der Waals surface area contributed by atoms with Gasteiger partial charge >= 0.3 is 0 Å². The van der Waals surface area contributed by atoms with E-state index < -0.39 is 0 Å². The van der Waals surface area contributed by atoms with E-state index >= 15 is 0 Å². The van der Waals surface area contributed by atoms with Gasteiger partial charge in [-0.15, -0.1) is 0 Å². The van der Waals surface area contributed by atoms with Gasteiger partial charge in [-0.1, -0.05) is 218 Å². The molecule has 0 N–H and O–H groups in total. The smallest absolute Gasteiger partial charge is 0.0500 e. The first kappa shape index (κ1) is 59.1. The van der Waals surface area contributed by atoms with Crippen molar-refractivity contribution in [3.05, 3.63) is 384 Å². The molecule has 16 aromatic rings. The Labute approximate surface area is 585 Å². The molecule has 0 unspecified atom stereocenters. The molecule has 0 aliphatic heterocycles. The van der Waals surface area contributed by atoms with Gasteiger partial charge in [-0.3, -0.25) is 0 Å². The summed E-state index contributed by atoms with van der Waals surface area (Å²) in [7, 11) is 0. The number of nitrogens with zero attached hydrogens (tertiary/aromatic N) is 4. The maximum absolute atomic E-state index is 2.43. The van der Waals surface area contributed by atoms with Crippen LogP contribution in [0.4, 0.5) is 68.2 Å². The summed E-state index contributed by atoms with van der Waals surface area (Å²) < 4.78 is 0. The Balaban J connectivity index is 0.000000139. The molecule has 0 spiro atoms. The van der Waals surface area contributed by atoms with Gasteiger partial charge in [0.2, 0.25) is 0 Å². The minimum Gasteiger partial charge on any atom is -0.310 e. The van der Waals surface area contributed by atoms with Gasteiger partial charge in [-0.05, 0) is 283 Å². The second-order valence-corrected chi connectivity index (χ2v) is 27.2. The number of rotatable bonds is 14. The zero-order valence-electron chi connectivity index (χ0n) is 55.8. The lowest BCUT2D eigenvalue weighted by molar-refractivity contribution is 1.02. The van der Waals surface area contributed by atoms with Gasteiger partial charge in [-0.2, -0.15) is 0 Å². The van der Waals surface area contributed by atoms with E-state index in [9.17, 15) is 0 Å². The van der Waals surface area contributed by atoms with Crippen LogP contribution in [0.25, 0.3) is 65.3 Å². The lowest BCUT2D eigenvalue weighted by atomic mass is 10.0. The lowest BCUT2D eigenvalue weighted by Crippen LogP contribution is -2.12. The normalized spacial score (nSPS) is 12.9. The van der Waals surface area contributed by atoms with E-state index in [1.807, 2.05) is 0 Å². The van der Waals surface area contributed by atoms with Crippen molar-refractivity contribution in [3.8, 4) is 22.3 Å². The van der Waals surface area contributed by atoms with Gasteiger partial charge in [0, 0.05) is 68.2 Å². The van der Waals surface area contributed by atoms with E-state index in [2.05, 4.69) is 359 Å². The Kier molecular flexibility index (Phi) is 14.8. The Morgan fingerprint density at radius 1 is 0.150 bits per heavy atom. The van der Waals surface area contributed by atoms with Crippen molar-refractivity contribution < 1.29 is 0 Å². The fourth-order valence-corrected chi connectivity index (χ4v) is 17.0. The van der Waals surface area contributed by atoms with Crippen molar-refractivity contribution in [2.75, 3.05) is 19.6 Å². The summed E-state index contributed by atoms with van der Waals surface area (Å²) in [6.07, 6.45) is 8.70. The zero-order valence-corrected chi connectivity index (χ0v) is 55.8. The third-order valence-electron chi connectivity index (χ3n) is 21.6. The highest BCUT2D eigenvalue weighted by molar-refractivity contribution is 6.02. The average Bonchev–Trinajstić information content (AvgIpc) is 1.55. The van der Waals surface area contributed by atoms with Crippen LogP contribution in [-0.4, -0.2) is 0 Å². The summed E-state index contributed by atoms with van der Waals surface area (Å²) in [6.45, 7) is 0. The van der Waals surface area contributed by atoms with Gasteiger partial charge in [0.05, 0.1) is 0 Å². The standard InChI is InChI=1S/2C48H36N2/c2*1-3-13-39(14-4-1)49(45-31-23-37-11-7-9-35-21-29-43(45)47(35)37)41-25-17-33(18-26-41)34-19-27-42(28-20-34)50(40-15-5-2-6-16-40)46-32-24-38-12-8-10-36-22-30-44(46)48(36)38/h2*1-20,23-28,31-32H,21-22,29-30H2. The molecule has 0 amide bonds. The number of benzene rings is 16. The minimum absolute atomic E-state index is 1.07. The Bertz CT molecular complexity index is 5030. The van der Waals surface area contributed by atoms with Crippen LogP contribution in [0.1, 0.15) is 44.5 Å². The maximum atomic E-state index is 2.43. The van der Waals surface area contributed by atoms with E-state index in [0.717, 1.165) is 51.4 Å². The number of hydrogen-bond acceptors (Lipinski definition) is 4. The Hall–Kier alpha value is -12.2. The largest absolute Gasteiger partial charge is 0.310 e. The predicted molar refractivity (Wildman–Crippen MR) is 422 cm³/mol. The van der Waals surface area contributed by atoms with E-state index in [-0.39, 0.29) is 0 Å². The fourth-order valence-electron chi connectivity index (χ4n) is 17.0. The first-order valence-corrected chi connectivity index (χ1v) is 35.6. The van der Waals surface area contributed by atoms with Gasteiger partial charge in [0.15, 0.2) is 0 Å². The van der Waals surface area contributed by atoms with Gasteiger partial charge in [-0.25, -0.2) is 0 Å². The molecule has 4 aliphatic carbocycles. The van der Waals surface area contributed by atoms with Crippen molar-refractivity contribution in [1.82, 2.24) is 0 Å². The molecule has 0 atom stereocenters. The van der Waals surface area contributed by atoms with Crippen LogP contribution in [0, 0.1) is 0 Å². The second-order valence-electron chi connectivity index (χ2n) is 27.2. The summed E-state index contributed by atoms with van der Waals surface area (Å²) in [5, 5.41) is 11.1. The number of para-hydroxylation sites is 4. The van der Waals surface area contributed by atoms with Crippen molar-refractivity contribution in [1.29, 1.82) is 0 Å². The summed E-state index contributed by atoms with van der Waals surface area (Å²) in [4.78, 5) is 9.72. The molecular formula is C96H72N4. The van der Waals surface area contributed by atoms with Gasteiger partial charge < -0.3 is 19.6 Å². The highest BCUT2D eigenvalue weighted by Gasteiger charge is 2.28. The van der Waals surface area contributed by atoms with E-state index in [1.54, 1.807) is 0 Å². The minimum atomic E-state index is 1.07. The Morgan fingerprint density at radius 2 is 0.350 bits per heavy atom. The van der Waals surface area contributed by atoms with Gasteiger partial charge in [0.1, 0.15) is 0 Å². The molecule has 0 aromatic heterocycles. The molecule has 0 heterocycles. The van der Waals surface area contributed by atoms with Crippen LogP contribution in [0.3, 0.4) is 0 Å². The average molecular weight is 1280 g/mol. The summed E-state index contributed by atoms with van der Waals surface area (Å²) >= 11 is 0. The zero-order chi connectivity index (χ0) is 66.0. The molecule has 0 saturated carbocycles. The molecule has 0 saturated heterocycles. The van der Waals surface area contributed by atoms with Crippen molar-refractivity contribution in [2.24, 2.45) is 0 Å². The van der Waals surface area contributed by atoms with Crippen molar-refractivity contribution >= 4 is 111 Å². The maximum Gasteiger partial charge on any atom is 0.0500 e. The van der Waals surface area contributed by atoms with Crippen LogP contribution in [0.2, 0.25) is 0 Å². The molecule has 0 radical (unpaired) electrons. The monoisotopic (exact) mass is 1280 g/mol. The molecule has 100 heavy (non-hydrogen) atoms. The van der Waals surface area contributed by atoms with Crippen molar-refractivity contribution in [3.63, 3.8) is 0 Å². The fraction of sp³-hybridized carbons (Fsp3) is 0.0833. The quantitative estimate of drug-likeness (QED) is 0.108. The molecule has 476 valence electrons. The van der Waals surface area contributed by atoms with Crippen LogP contribution >= 0.6 is 0 Å². The number of aryl methyl sites for hydroxylation is 8. The highest BCUT2D eigenvalue weighted by Crippen LogP contribution is 2.49. The third kappa shape index (κ3) is 10.4. The third-order valence-corrected chi connectivity index (χ3v) is 21.6. The second kappa shape index (κ2) is 25.0. The molecule has 0 bridgehead atoms. The summed E-state index contributed by atoms with van der Waals surface area (Å²) in [6, 6.07) is 125. The first-order chi connectivity index (χ1) is 49.6. The van der Waals surface area contributed by atoms with E-state index in [4.69, 9.17) is 0 Å². The van der Waals surface area contributed by atoms with E-state index in [1.165, 1.54) is 178 Å². The van der Waals surface area contributed by atoms with Crippen molar-refractivity contribution in [2.45, 2.75) is 51.4 Å². The topological polar surface area (TPSA) is 13.0 Å². The number of hydrogen-bond donors (Lipinski definition) is 0. The summed E-state index contributed by atoms with van der Waals surface area (Å²) in [5.74, 6) is 0. The van der Waals surface area contributed by atoms with Crippen LogP contribution in [-0.2, 0) is 51.4 Å². The molecule has 4 nitrogen and oxygen atoms in total. The van der Waals surface area contributed by atoms with Crippen LogP contribution in [0.15, 0.2) is 340 Å². The van der Waals surface area contributed by atoms with Gasteiger partial charge in [0.25, 0.3) is 0 Å². The lowest BCUT2D eigenvalue weighted by Gasteiger charge is -2.28. The molecular weight excluding hydrogens is 1210 g/mol. The molecule has 20 rings (SSSR count). The molecule has 16 aromatic carbocycles.